The number of hydrogen-bond donors (Lipinski definition) is 0. The molecule has 0 N–H and O–H groups in total. The van der Waals surface area contributed by atoms with Gasteiger partial charge in [0, 0.05) is 21.9 Å². The zero-order chi connectivity index (χ0) is 33.5. The minimum absolute atomic E-state index is 0.945. The van der Waals surface area contributed by atoms with Gasteiger partial charge in [-0.15, -0.1) is 0 Å². The van der Waals surface area contributed by atoms with Crippen molar-refractivity contribution in [2.24, 2.45) is 0 Å². The van der Waals surface area contributed by atoms with Gasteiger partial charge < -0.3 is 0 Å². The molecule has 0 saturated carbocycles. The van der Waals surface area contributed by atoms with E-state index in [9.17, 15) is 0 Å². The summed E-state index contributed by atoms with van der Waals surface area (Å²) in [6.45, 7) is 0. The first-order valence-corrected chi connectivity index (χ1v) is 17.4. The van der Waals surface area contributed by atoms with Crippen LogP contribution in [-0.2, 0) is 0 Å². The Kier molecular flexibility index (Phi) is 5.96. The molecule has 3 heteroatoms. The van der Waals surface area contributed by atoms with E-state index in [1.54, 1.807) is 0 Å². The fraction of sp³-hybridized carbons (Fsp3) is 0. The van der Waals surface area contributed by atoms with E-state index < -0.39 is 0 Å². The third-order valence-electron chi connectivity index (χ3n) is 10.5. The lowest BCUT2D eigenvalue weighted by Gasteiger charge is -2.16. The van der Waals surface area contributed by atoms with Crippen molar-refractivity contribution in [3.05, 3.63) is 176 Å². The third kappa shape index (κ3) is 4.19. The van der Waals surface area contributed by atoms with Crippen molar-refractivity contribution in [1.82, 2.24) is 14.4 Å². The minimum Gasteiger partial charge on any atom is -0.292 e. The van der Waals surface area contributed by atoms with E-state index in [1.807, 2.05) is 0 Å². The highest BCUT2D eigenvalue weighted by Gasteiger charge is 2.17. The molecule has 0 fully saturated rings. The maximum atomic E-state index is 5.38. The SMILES string of the molecule is c1ccc(-c2cc3c4ccccc4c(-c4cccc(-c5ccc6c(c5)c5ccccc5n5c7ccccc7nc65)n4)cc3c3ccccc23)cc1. The van der Waals surface area contributed by atoms with Gasteiger partial charge in [-0.25, -0.2) is 9.97 Å². The van der Waals surface area contributed by atoms with Gasteiger partial charge in [0.05, 0.1) is 27.9 Å². The second-order valence-corrected chi connectivity index (χ2v) is 13.3. The van der Waals surface area contributed by atoms with Gasteiger partial charge in [-0.2, -0.15) is 0 Å². The maximum absolute atomic E-state index is 5.38. The van der Waals surface area contributed by atoms with Crippen LogP contribution in [0.1, 0.15) is 0 Å². The molecule has 0 spiro atoms. The first-order chi connectivity index (χ1) is 25.3. The number of imidazole rings is 1. The van der Waals surface area contributed by atoms with Gasteiger partial charge in [0.2, 0.25) is 0 Å². The van der Waals surface area contributed by atoms with E-state index in [0.717, 1.165) is 50.1 Å². The van der Waals surface area contributed by atoms with Crippen LogP contribution in [0, 0.1) is 0 Å². The first kappa shape index (κ1) is 28.0. The van der Waals surface area contributed by atoms with Crippen molar-refractivity contribution in [2.75, 3.05) is 0 Å². The Morgan fingerprint density at radius 3 is 1.69 bits per heavy atom. The first-order valence-electron chi connectivity index (χ1n) is 17.4. The summed E-state index contributed by atoms with van der Waals surface area (Å²) in [5.41, 5.74) is 10.8. The van der Waals surface area contributed by atoms with Crippen molar-refractivity contribution in [3.63, 3.8) is 0 Å². The molecule has 11 rings (SSSR count). The smallest absolute Gasteiger partial charge is 0.146 e. The summed E-state index contributed by atoms with van der Waals surface area (Å²) >= 11 is 0. The molecule has 0 amide bonds. The van der Waals surface area contributed by atoms with Gasteiger partial charge in [0.15, 0.2) is 0 Å². The molecule has 0 aliphatic rings. The van der Waals surface area contributed by atoms with E-state index >= 15 is 0 Å². The highest BCUT2D eigenvalue weighted by Crippen LogP contribution is 2.42. The van der Waals surface area contributed by atoms with Crippen LogP contribution >= 0.6 is 0 Å². The van der Waals surface area contributed by atoms with E-state index in [1.165, 1.54) is 54.2 Å². The highest BCUT2D eigenvalue weighted by atomic mass is 15.0. The third-order valence-corrected chi connectivity index (χ3v) is 10.5. The molecule has 0 atom stereocenters. The van der Waals surface area contributed by atoms with Crippen LogP contribution in [0.5, 0.6) is 0 Å². The average molecular weight is 648 g/mol. The van der Waals surface area contributed by atoms with Crippen LogP contribution in [0.2, 0.25) is 0 Å². The van der Waals surface area contributed by atoms with Gasteiger partial charge >= 0.3 is 0 Å². The van der Waals surface area contributed by atoms with Gasteiger partial charge in [-0.1, -0.05) is 121 Å². The summed E-state index contributed by atoms with van der Waals surface area (Å²) in [5, 5.41) is 10.9. The molecule has 0 radical (unpaired) electrons. The molecule has 0 aliphatic carbocycles. The lowest BCUT2D eigenvalue weighted by Crippen LogP contribution is -1.93. The zero-order valence-corrected chi connectivity index (χ0v) is 27.6. The molecule has 11 aromatic rings. The van der Waals surface area contributed by atoms with Crippen LogP contribution in [0.25, 0.3) is 104 Å². The molecule has 0 aliphatic heterocycles. The number of pyridine rings is 2. The van der Waals surface area contributed by atoms with Crippen molar-refractivity contribution in [2.45, 2.75) is 0 Å². The van der Waals surface area contributed by atoms with Crippen LogP contribution in [-0.4, -0.2) is 14.4 Å². The number of nitrogens with zero attached hydrogens (tertiary/aromatic N) is 3. The molecule has 3 nitrogen and oxygen atoms in total. The minimum atomic E-state index is 0.945. The molecule has 3 aromatic heterocycles. The van der Waals surface area contributed by atoms with Crippen LogP contribution in [0.3, 0.4) is 0 Å². The Morgan fingerprint density at radius 2 is 0.902 bits per heavy atom. The van der Waals surface area contributed by atoms with Crippen LogP contribution in [0.4, 0.5) is 0 Å². The number of fused-ring (bicyclic) bond motifs is 13. The van der Waals surface area contributed by atoms with E-state index in [-0.39, 0.29) is 0 Å². The number of hydrogen-bond acceptors (Lipinski definition) is 2. The summed E-state index contributed by atoms with van der Waals surface area (Å²) in [6.07, 6.45) is 0. The lowest BCUT2D eigenvalue weighted by atomic mass is 9.88. The molecule has 51 heavy (non-hydrogen) atoms. The second-order valence-electron chi connectivity index (χ2n) is 13.3. The Balaban J connectivity index is 1.13. The maximum Gasteiger partial charge on any atom is 0.146 e. The summed E-state index contributed by atoms with van der Waals surface area (Å²) < 4.78 is 2.29. The average Bonchev–Trinajstić information content (AvgIpc) is 3.61. The topological polar surface area (TPSA) is 30.2 Å². The molecule has 0 saturated heterocycles. The Bertz CT molecular complexity index is 3190. The lowest BCUT2D eigenvalue weighted by molar-refractivity contribution is 1.31. The largest absolute Gasteiger partial charge is 0.292 e. The molecule has 236 valence electrons. The van der Waals surface area contributed by atoms with E-state index in [2.05, 4.69) is 180 Å². The molecule has 0 unspecified atom stereocenters. The Morgan fingerprint density at radius 1 is 0.314 bits per heavy atom. The zero-order valence-electron chi connectivity index (χ0n) is 27.6. The molecular formula is C48H29N3. The van der Waals surface area contributed by atoms with Crippen molar-refractivity contribution in [1.29, 1.82) is 0 Å². The van der Waals surface area contributed by atoms with Crippen LogP contribution < -0.4 is 0 Å². The molecular weight excluding hydrogens is 619 g/mol. The monoisotopic (exact) mass is 647 g/mol. The molecule has 3 heterocycles. The number of aromatic nitrogens is 3. The summed E-state index contributed by atoms with van der Waals surface area (Å²) in [4.78, 5) is 10.5. The quantitative estimate of drug-likeness (QED) is 0.179. The fourth-order valence-electron chi connectivity index (χ4n) is 8.23. The number of para-hydroxylation sites is 3. The molecule has 8 aromatic carbocycles. The Labute approximate surface area is 293 Å². The van der Waals surface area contributed by atoms with Gasteiger partial charge in [0.25, 0.3) is 0 Å². The van der Waals surface area contributed by atoms with E-state index in [4.69, 9.17) is 9.97 Å². The number of rotatable bonds is 3. The summed E-state index contributed by atoms with van der Waals surface area (Å²) in [7, 11) is 0. The number of benzene rings is 8. The van der Waals surface area contributed by atoms with Gasteiger partial charge in [0.1, 0.15) is 5.65 Å². The van der Waals surface area contributed by atoms with Crippen molar-refractivity contribution in [3.8, 4) is 33.6 Å². The van der Waals surface area contributed by atoms with Crippen LogP contribution in [0.15, 0.2) is 176 Å². The summed E-state index contributed by atoms with van der Waals surface area (Å²) in [6, 6.07) is 63.1. The van der Waals surface area contributed by atoms with Gasteiger partial charge in [-0.3, -0.25) is 4.40 Å². The van der Waals surface area contributed by atoms with Crippen molar-refractivity contribution >= 4 is 70.7 Å². The predicted octanol–water partition coefficient (Wildman–Crippen LogP) is 12.6. The van der Waals surface area contributed by atoms with Gasteiger partial charge in [-0.05, 0) is 103 Å². The predicted molar refractivity (Wildman–Crippen MR) is 214 cm³/mol. The molecule has 0 bridgehead atoms. The highest BCUT2D eigenvalue weighted by molar-refractivity contribution is 6.24. The normalized spacial score (nSPS) is 11.9. The fourth-order valence-corrected chi connectivity index (χ4v) is 8.23. The second kappa shape index (κ2) is 10.8. The van der Waals surface area contributed by atoms with Crippen molar-refractivity contribution < 1.29 is 0 Å². The summed E-state index contributed by atoms with van der Waals surface area (Å²) in [5.74, 6) is 0. The Hall–Kier alpha value is -6.84. The van der Waals surface area contributed by atoms with E-state index in [0.29, 0.717) is 0 Å². The standard InChI is InChI=1S/C48H29N3/c1-2-13-30(14-3-1)38-28-40-34-17-6-7-18-35(34)42(29-41(40)33-16-5-4-15-32(33)38)44-22-12-21-43(49-44)31-25-26-37-39(27-31)36-19-8-10-23-46(36)51-47-24-11-9-20-45(47)50-48(37)51/h1-29H.